The van der Waals surface area contributed by atoms with E-state index in [1.54, 1.807) is 29.2 Å². The van der Waals surface area contributed by atoms with E-state index in [1.165, 1.54) is 11.3 Å². The Morgan fingerprint density at radius 1 is 1.26 bits per heavy atom. The van der Waals surface area contributed by atoms with Gasteiger partial charge in [0.05, 0.1) is 40.1 Å². The normalized spacial score (nSPS) is 14.5. The van der Waals surface area contributed by atoms with E-state index in [4.69, 9.17) is 26.6 Å². The van der Waals surface area contributed by atoms with Crippen molar-refractivity contribution in [3.05, 3.63) is 58.1 Å². The zero-order valence-corrected chi connectivity index (χ0v) is 18.9. The number of nitrogens with zero attached hydrogens (tertiary/aromatic N) is 4. The maximum atomic E-state index is 13.4. The molecule has 31 heavy (non-hydrogen) atoms. The smallest absolute Gasteiger partial charge is 0.260 e. The zero-order chi connectivity index (χ0) is 21.8. The number of hydrogen-bond acceptors (Lipinski definition) is 6. The van der Waals surface area contributed by atoms with Crippen LogP contribution >= 0.6 is 22.9 Å². The number of carbonyl (C=O) groups is 1. The van der Waals surface area contributed by atoms with Gasteiger partial charge in [0.2, 0.25) is 0 Å². The third-order valence-corrected chi connectivity index (χ3v) is 6.92. The number of carbonyl (C=O) groups excluding carboxylic acids is 1. The quantitative estimate of drug-likeness (QED) is 0.548. The minimum absolute atomic E-state index is 0.126. The number of hydrogen-bond donors (Lipinski definition) is 0. The number of benzene rings is 2. The van der Waals surface area contributed by atoms with Crippen molar-refractivity contribution in [3.8, 4) is 6.07 Å². The summed E-state index contributed by atoms with van der Waals surface area (Å²) in [5.41, 5.74) is 2.92. The van der Waals surface area contributed by atoms with Crippen LogP contribution in [-0.4, -0.2) is 55.2 Å². The lowest BCUT2D eigenvalue weighted by molar-refractivity contribution is 0.0376. The number of aromatic nitrogens is 1. The summed E-state index contributed by atoms with van der Waals surface area (Å²) in [5.74, 6) is -0.126. The molecule has 1 aromatic heterocycles. The van der Waals surface area contributed by atoms with Gasteiger partial charge in [-0.1, -0.05) is 29.0 Å². The molecule has 1 aliphatic heterocycles. The van der Waals surface area contributed by atoms with Crippen LogP contribution in [0.5, 0.6) is 0 Å². The molecule has 0 bridgehead atoms. The van der Waals surface area contributed by atoms with Crippen molar-refractivity contribution in [2.45, 2.75) is 13.3 Å². The molecule has 0 spiro atoms. The summed E-state index contributed by atoms with van der Waals surface area (Å²) < 4.78 is 6.31. The van der Waals surface area contributed by atoms with Crippen LogP contribution in [0.15, 0.2) is 36.4 Å². The number of morpholine rings is 1. The molecule has 0 atom stereocenters. The van der Waals surface area contributed by atoms with Gasteiger partial charge in [0.25, 0.3) is 5.91 Å². The Morgan fingerprint density at radius 2 is 2.00 bits per heavy atom. The molecule has 160 valence electrons. The number of thiazole rings is 1. The van der Waals surface area contributed by atoms with E-state index >= 15 is 0 Å². The van der Waals surface area contributed by atoms with Gasteiger partial charge >= 0.3 is 0 Å². The number of aryl methyl sites for hydroxylation is 1. The second kappa shape index (κ2) is 9.75. The Kier molecular flexibility index (Phi) is 6.83. The van der Waals surface area contributed by atoms with Gasteiger partial charge < -0.3 is 4.74 Å². The Bertz CT molecular complexity index is 1080. The number of fused-ring (bicyclic) bond motifs is 1. The molecule has 2 aromatic carbocycles. The monoisotopic (exact) mass is 454 g/mol. The van der Waals surface area contributed by atoms with Crippen LogP contribution in [0.3, 0.4) is 0 Å². The Balaban J connectivity index is 1.61. The van der Waals surface area contributed by atoms with Crippen molar-refractivity contribution in [1.29, 1.82) is 5.26 Å². The molecular formula is C23H23ClN4O2S. The predicted molar refractivity (Wildman–Crippen MR) is 124 cm³/mol. The number of anilines is 1. The highest BCUT2D eigenvalue weighted by Gasteiger charge is 2.23. The largest absolute Gasteiger partial charge is 0.379 e. The lowest BCUT2D eigenvalue weighted by atomic mass is 10.1. The second-order valence-electron chi connectivity index (χ2n) is 7.49. The lowest BCUT2D eigenvalue weighted by Crippen LogP contribution is -2.39. The van der Waals surface area contributed by atoms with Gasteiger partial charge in [0, 0.05) is 31.7 Å². The minimum atomic E-state index is -0.126. The molecule has 0 unspecified atom stereocenters. The van der Waals surface area contributed by atoms with Gasteiger partial charge in [-0.2, -0.15) is 5.26 Å². The molecule has 1 aliphatic rings. The number of nitriles is 1. The van der Waals surface area contributed by atoms with E-state index in [0.717, 1.165) is 55.0 Å². The van der Waals surface area contributed by atoms with E-state index in [0.29, 0.717) is 27.8 Å². The molecule has 0 N–H and O–H groups in total. The Hall–Kier alpha value is -2.50. The molecule has 1 fully saturated rings. The van der Waals surface area contributed by atoms with E-state index < -0.39 is 0 Å². The van der Waals surface area contributed by atoms with Crippen LogP contribution < -0.4 is 4.90 Å². The van der Waals surface area contributed by atoms with Gasteiger partial charge in [-0.15, -0.1) is 0 Å². The first-order chi connectivity index (χ1) is 15.1. The van der Waals surface area contributed by atoms with Crippen LogP contribution in [0.25, 0.3) is 10.2 Å². The van der Waals surface area contributed by atoms with E-state index in [-0.39, 0.29) is 5.91 Å². The third-order valence-electron chi connectivity index (χ3n) is 5.38. The van der Waals surface area contributed by atoms with Crippen molar-refractivity contribution in [2.75, 3.05) is 44.3 Å². The molecule has 6 nitrogen and oxygen atoms in total. The van der Waals surface area contributed by atoms with Crippen LogP contribution in [0.2, 0.25) is 5.02 Å². The summed E-state index contributed by atoms with van der Waals surface area (Å²) in [4.78, 5) is 22.3. The summed E-state index contributed by atoms with van der Waals surface area (Å²) in [6.45, 7) is 6.78. The van der Waals surface area contributed by atoms with Gasteiger partial charge in [-0.25, -0.2) is 4.98 Å². The molecule has 2 heterocycles. The van der Waals surface area contributed by atoms with Gasteiger partial charge in [0.15, 0.2) is 5.13 Å². The standard InChI is InChI=1S/C23H23ClN4O2S/c1-16-3-8-19(24)21-20(16)26-23(31-21)28(10-2-9-27-11-13-30-14-12-27)22(29)18-6-4-17(15-25)5-7-18/h3-8H,2,9-14H2,1H3. The fourth-order valence-electron chi connectivity index (χ4n) is 3.61. The highest BCUT2D eigenvalue weighted by atomic mass is 35.5. The Labute approximate surface area is 190 Å². The van der Waals surface area contributed by atoms with Crippen LogP contribution in [0.1, 0.15) is 27.9 Å². The average molecular weight is 455 g/mol. The van der Waals surface area contributed by atoms with E-state index in [9.17, 15) is 4.79 Å². The third kappa shape index (κ3) is 4.89. The maximum absolute atomic E-state index is 13.4. The summed E-state index contributed by atoms with van der Waals surface area (Å²) in [5, 5.41) is 10.3. The summed E-state index contributed by atoms with van der Waals surface area (Å²) in [6.07, 6.45) is 0.824. The molecule has 1 amide bonds. The fourth-order valence-corrected chi connectivity index (χ4v) is 4.95. The lowest BCUT2D eigenvalue weighted by Gasteiger charge is -2.27. The molecule has 1 saturated heterocycles. The van der Waals surface area contributed by atoms with Crippen LogP contribution in [0.4, 0.5) is 5.13 Å². The topological polar surface area (TPSA) is 69.5 Å². The van der Waals surface area contributed by atoms with Crippen molar-refractivity contribution >= 4 is 44.2 Å². The molecule has 0 aliphatic carbocycles. The Morgan fingerprint density at radius 3 is 2.68 bits per heavy atom. The summed E-state index contributed by atoms with van der Waals surface area (Å²) in [7, 11) is 0. The predicted octanol–water partition coefficient (Wildman–Crippen LogP) is 4.50. The minimum Gasteiger partial charge on any atom is -0.379 e. The van der Waals surface area contributed by atoms with Crippen LogP contribution in [-0.2, 0) is 4.74 Å². The highest BCUT2D eigenvalue weighted by molar-refractivity contribution is 7.23. The summed E-state index contributed by atoms with van der Waals surface area (Å²) >= 11 is 7.84. The maximum Gasteiger partial charge on any atom is 0.260 e. The van der Waals surface area contributed by atoms with Gasteiger partial charge in [0.1, 0.15) is 0 Å². The van der Waals surface area contributed by atoms with Gasteiger partial charge in [-0.05, 0) is 49.2 Å². The molecule has 0 saturated carbocycles. The molecule has 4 rings (SSSR count). The van der Waals surface area contributed by atoms with Crippen molar-refractivity contribution in [1.82, 2.24) is 9.88 Å². The summed E-state index contributed by atoms with van der Waals surface area (Å²) in [6, 6.07) is 12.6. The number of ether oxygens (including phenoxy) is 1. The fraction of sp³-hybridized carbons (Fsp3) is 0.348. The molecular weight excluding hydrogens is 432 g/mol. The number of halogens is 1. The van der Waals surface area contributed by atoms with E-state index in [1.807, 2.05) is 19.1 Å². The highest BCUT2D eigenvalue weighted by Crippen LogP contribution is 2.36. The number of rotatable bonds is 6. The first-order valence-corrected chi connectivity index (χ1v) is 11.4. The van der Waals surface area contributed by atoms with Gasteiger partial charge in [-0.3, -0.25) is 14.6 Å². The second-order valence-corrected chi connectivity index (χ2v) is 8.88. The number of amides is 1. The first-order valence-electron chi connectivity index (χ1n) is 10.2. The van der Waals surface area contributed by atoms with Crippen molar-refractivity contribution in [2.24, 2.45) is 0 Å². The molecule has 0 radical (unpaired) electrons. The average Bonchev–Trinajstić information content (AvgIpc) is 3.26. The first kappa shape index (κ1) is 21.7. The SMILES string of the molecule is Cc1ccc(Cl)c2sc(N(CCCN3CCOCC3)C(=O)c3ccc(C#N)cc3)nc12. The zero-order valence-electron chi connectivity index (χ0n) is 17.3. The molecule has 3 aromatic rings. The van der Waals surface area contributed by atoms with E-state index in [2.05, 4.69) is 11.0 Å². The van der Waals surface area contributed by atoms with Crippen LogP contribution in [0, 0.1) is 18.3 Å². The van der Waals surface area contributed by atoms with Crippen molar-refractivity contribution < 1.29 is 9.53 Å². The molecule has 8 heteroatoms. The van der Waals surface area contributed by atoms with Crippen molar-refractivity contribution in [3.63, 3.8) is 0 Å².